The summed E-state index contributed by atoms with van der Waals surface area (Å²) in [6.45, 7) is 2.66. The molecule has 0 aromatic carbocycles. The molecule has 1 aliphatic heterocycles. The summed E-state index contributed by atoms with van der Waals surface area (Å²) in [7, 11) is 0. The standard InChI is InChI=1S/C18H27N7/c19-11-13-4-3-9-25(12-13)18-20-8-7-16(22-18)21-17-10-15(23-24-17)14-5-1-2-6-14/h7-8,10,13-14H,1-6,9,11-12,19H2,(H2,20,21,22,23,24)/t13-/m0/s1. The molecule has 2 aliphatic rings. The van der Waals surface area contributed by atoms with E-state index in [2.05, 4.69) is 36.4 Å². The second kappa shape index (κ2) is 7.39. The fourth-order valence-corrected chi connectivity index (χ4v) is 3.99. The quantitative estimate of drug-likeness (QED) is 0.774. The first kappa shape index (κ1) is 16.3. The predicted molar refractivity (Wildman–Crippen MR) is 99.1 cm³/mol. The molecule has 0 unspecified atom stereocenters. The highest BCUT2D eigenvalue weighted by molar-refractivity contribution is 5.53. The van der Waals surface area contributed by atoms with E-state index < -0.39 is 0 Å². The van der Waals surface area contributed by atoms with Crippen molar-refractivity contribution in [2.75, 3.05) is 29.9 Å². The Morgan fingerprint density at radius 2 is 2.08 bits per heavy atom. The van der Waals surface area contributed by atoms with Crippen molar-refractivity contribution in [3.05, 3.63) is 24.0 Å². The summed E-state index contributed by atoms with van der Waals surface area (Å²) in [5.41, 5.74) is 7.07. The molecule has 134 valence electrons. The Bertz CT molecular complexity index is 692. The zero-order chi connectivity index (χ0) is 17.1. The number of anilines is 3. The number of hydrogen-bond acceptors (Lipinski definition) is 6. The molecule has 25 heavy (non-hydrogen) atoms. The van der Waals surface area contributed by atoms with Gasteiger partial charge < -0.3 is 16.0 Å². The molecule has 2 aromatic rings. The number of nitrogens with zero attached hydrogens (tertiary/aromatic N) is 4. The summed E-state index contributed by atoms with van der Waals surface area (Å²) in [5, 5.41) is 10.9. The summed E-state index contributed by atoms with van der Waals surface area (Å²) in [6.07, 6.45) is 9.31. The summed E-state index contributed by atoms with van der Waals surface area (Å²) in [6, 6.07) is 4.00. The summed E-state index contributed by atoms with van der Waals surface area (Å²) < 4.78 is 0. The van der Waals surface area contributed by atoms with Crippen molar-refractivity contribution in [3.8, 4) is 0 Å². The zero-order valence-corrected chi connectivity index (χ0v) is 14.6. The lowest BCUT2D eigenvalue weighted by Gasteiger charge is -2.32. The van der Waals surface area contributed by atoms with Gasteiger partial charge in [-0.15, -0.1) is 0 Å². The fourth-order valence-electron chi connectivity index (χ4n) is 3.99. The van der Waals surface area contributed by atoms with Crippen molar-refractivity contribution >= 4 is 17.6 Å². The van der Waals surface area contributed by atoms with Crippen LogP contribution in [0.15, 0.2) is 18.3 Å². The molecule has 0 amide bonds. The largest absolute Gasteiger partial charge is 0.340 e. The highest BCUT2D eigenvalue weighted by Gasteiger charge is 2.21. The Morgan fingerprint density at radius 3 is 2.92 bits per heavy atom. The molecule has 1 atom stereocenters. The van der Waals surface area contributed by atoms with Crippen LogP contribution in [0.3, 0.4) is 0 Å². The van der Waals surface area contributed by atoms with Gasteiger partial charge in [0.15, 0.2) is 5.82 Å². The summed E-state index contributed by atoms with van der Waals surface area (Å²) in [5.74, 6) is 3.55. The van der Waals surface area contributed by atoms with E-state index in [4.69, 9.17) is 5.73 Å². The summed E-state index contributed by atoms with van der Waals surface area (Å²) in [4.78, 5) is 11.4. The Labute approximate surface area is 148 Å². The first-order chi connectivity index (χ1) is 12.3. The van der Waals surface area contributed by atoms with E-state index in [0.717, 1.165) is 43.6 Å². The molecule has 2 aromatic heterocycles. The highest BCUT2D eigenvalue weighted by Crippen LogP contribution is 2.34. The molecule has 4 rings (SSSR count). The fraction of sp³-hybridized carbons (Fsp3) is 0.611. The van der Waals surface area contributed by atoms with Gasteiger partial charge in [-0.25, -0.2) is 4.98 Å². The number of piperidine rings is 1. The van der Waals surface area contributed by atoms with E-state index in [1.54, 1.807) is 6.20 Å². The third-order valence-corrected chi connectivity index (χ3v) is 5.43. The lowest BCUT2D eigenvalue weighted by molar-refractivity contribution is 0.419. The van der Waals surface area contributed by atoms with Crippen LogP contribution in [0.25, 0.3) is 0 Å². The van der Waals surface area contributed by atoms with Crippen LogP contribution in [0.5, 0.6) is 0 Å². The Morgan fingerprint density at radius 1 is 1.20 bits per heavy atom. The number of hydrogen-bond donors (Lipinski definition) is 3. The average molecular weight is 341 g/mol. The maximum Gasteiger partial charge on any atom is 0.227 e. The van der Waals surface area contributed by atoms with Crippen LogP contribution >= 0.6 is 0 Å². The van der Waals surface area contributed by atoms with E-state index in [9.17, 15) is 0 Å². The van der Waals surface area contributed by atoms with E-state index >= 15 is 0 Å². The van der Waals surface area contributed by atoms with Crippen LogP contribution in [0.4, 0.5) is 17.6 Å². The average Bonchev–Trinajstić information content (AvgIpc) is 3.34. The Balaban J connectivity index is 1.44. The molecule has 3 heterocycles. The molecular weight excluding hydrogens is 314 g/mol. The first-order valence-corrected chi connectivity index (χ1v) is 9.42. The smallest absolute Gasteiger partial charge is 0.227 e. The van der Waals surface area contributed by atoms with Crippen LogP contribution in [0.2, 0.25) is 0 Å². The molecule has 7 heteroatoms. The highest BCUT2D eigenvalue weighted by atomic mass is 15.3. The molecular formula is C18H27N7. The van der Waals surface area contributed by atoms with Crippen molar-refractivity contribution in [2.24, 2.45) is 11.7 Å². The second-order valence-corrected chi connectivity index (χ2v) is 7.25. The lowest BCUT2D eigenvalue weighted by Crippen LogP contribution is -2.39. The van der Waals surface area contributed by atoms with Gasteiger partial charge >= 0.3 is 0 Å². The van der Waals surface area contributed by atoms with E-state index in [0.29, 0.717) is 11.8 Å². The van der Waals surface area contributed by atoms with Gasteiger partial charge in [-0.1, -0.05) is 12.8 Å². The number of nitrogens with one attached hydrogen (secondary N) is 2. The van der Waals surface area contributed by atoms with Gasteiger partial charge in [0.05, 0.1) is 0 Å². The summed E-state index contributed by atoms with van der Waals surface area (Å²) >= 11 is 0. The van der Waals surface area contributed by atoms with Crippen molar-refractivity contribution in [2.45, 2.75) is 44.4 Å². The van der Waals surface area contributed by atoms with Gasteiger partial charge in [0.25, 0.3) is 0 Å². The molecule has 0 bridgehead atoms. The third-order valence-electron chi connectivity index (χ3n) is 5.43. The topological polar surface area (TPSA) is 95.8 Å². The van der Waals surface area contributed by atoms with Gasteiger partial charge in [0.2, 0.25) is 5.95 Å². The number of aromatic nitrogens is 4. The molecule has 0 spiro atoms. The van der Waals surface area contributed by atoms with Crippen molar-refractivity contribution in [3.63, 3.8) is 0 Å². The molecule has 4 N–H and O–H groups in total. The van der Waals surface area contributed by atoms with Gasteiger partial charge in [-0.3, -0.25) is 5.10 Å². The SMILES string of the molecule is NC[C@@H]1CCCN(c2nccc(Nc3cc(C4CCCC4)[nH]n3)n2)C1. The monoisotopic (exact) mass is 341 g/mol. The van der Waals surface area contributed by atoms with E-state index in [1.165, 1.54) is 37.8 Å². The Hall–Kier alpha value is -2.15. The molecule has 1 saturated carbocycles. The van der Waals surface area contributed by atoms with Crippen LogP contribution < -0.4 is 16.0 Å². The van der Waals surface area contributed by atoms with Gasteiger partial charge in [-0.05, 0) is 44.2 Å². The maximum atomic E-state index is 5.84. The van der Waals surface area contributed by atoms with Crippen molar-refractivity contribution in [1.82, 2.24) is 20.2 Å². The minimum absolute atomic E-state index is 0.536. The minimum atomic E-state index is 0.536. The third kappa shape index (κ3) is 3.76. The molecule has 1 saturated heterocycles. The van der Waals surface area contributed by atoms with Crippen LogP contribution in [-0.2, 0) is 0 Å². The number of rotatable bonds is 5. The van der Waals surface area contributed by atoms with Crippen LogP contribution in [0.1, 0.15) is 50.1 Å². The Kier molecular flexibility index (Phi) is 4.83. The van der Waals surface area contributed by atoms with E-state index in [-0.39, 0.29) is 0 Å². The second-order valence-electron chi connectivity index (χ2n) is 7.25. The zero-order valence-electron chi connectivity index (χ0n) is 14.6. The van der Waals surface area contributed by atoms with Crippen molar-refractivity contribution < 1.29 is 0 Å². The number of nitrogens with two attached hydrogens (primary N) is 1. The van der Waals surface area contributed by atoms with Gasteiger partial charge in [-0.2, -0.15) is 10.1 Å². The van der Waals surface area contributed by atoms with Gasteiger partial charge in [0, 0.05) is 37.0 Å². The van der Waals surface area contributed by atoms with Crippen LogP contribution in [0, 0.1) is 5.92 Å². The molecule has 1 aliphatic carbocycles. The molecule has 7 nitrogen and oxygen atoms in total. The predicted octanol–water partition coefficient (Wildman–Crippen LogP) is 2.78. The van der Waals surface area contributed by atoms with Crippen molar-refractivity contribution in [1.29, 1.82) is 0 Å². The normalized spacial score (nSPS) is 21.6. The maximum absolute atomic E-state index is 5.84. The van der Waals surface area contributed by atoms with Crippen LogP contribution in [-0.4, -0.2) is 39.8 Å². The minimum Gasteiger partial charge on any atom is -0.340 e. The lowest BCUT2D eigenvalue weighted by atomic mass is 9.99. The number of aromatic amines is 1. The number of H-pyrrole nitrogens is 1. The first-order valence-electron chi connectivity index (χ1n) is 9.42. The molecule has 0 radical (unpaired) electrons. The van der Waals surface area contributed by atoms with Gasteiger partial charge in [0.1, 0.15) is 5.82 Å². The van der Waals surface area contributed by atoms with E-state index in [1.807, 2.05) is 6.07 Å². The molecule has 2 fully saturated rings.